The van der Waals surface area contributed by atoms with Gasteiger partial charge in [-0.1, -0.05) is 0 Å². The Kier molecular flexibility index (Phi) is 6.99. The van der Waals surface area contributed by atoms with Crippen molar-refractivity contribution in [2.45, 2.75) is 37.8 Å². The van der Waals surface area contributed by atoms with Gasteiger partial charge in [0.2, 0.25) is 10.0 Å². The molecule has 0 bridgehead atoms. The summed E-state index contributed by atoms with van der Waals surface area (Å²) in [7, 11) is -0.839. The van der Waals surface area contributed by atoms with E-state index < -0.39 is 10.0 Å². The smallest absolute Gasteiger partial charge is 0.255 e. The number of sulfonamides is 1. The number of carbonyl (C=O) groups is 1. The van der Waals surface area contributed by atoms with Gasteiger partial charge >= 0.3 is 0 Å². The van der Waals surface area contributed by atoms with Crippen LogP contribution in [0.3, 0.4) is 0 Å². The highest BCUT2D eigenvalue weighted by Gasteiger charge is 2.21. The van der Waals surface area contributed by atoms with Gasteiger partial charge in [0.05, 0.1) is 24.2 Å². The molecule has 0 aromatic heterocycles. The van der Waals surface area contributed by atoms with Crippen molar-refractivity contribution in [2.24, 2.45) is 0 Å². The highest BCUT2D eigenvalue weighted by Crippen LogP contribution is 2.22. The molecule has 0 saturated carbocycles. The molecular formula is C15H24N2O5S. The van der Waals surface area contributed by atoms with Crippen LogP contribution in [0.15, 0.2) is 23.1 Å². The van der Waals surface area contributed by atoms with Gasteiger partial charge in [0.1, 0.15) is 5.75 Å². The van der Waals surface area contributed by atoms with E-state index in [1.807, 2.05) is 13.8 Å². The van der Waals surface area contributed by atoms with Crippen LogP contribution in [0.5, 0.6) is 5.75 Å². The summed E-state index contributed by atoms with van der Waals surface area (Å²) in [6.45, 7) is 5.57. The molecule has 1 atom stereocenters. The molecule has 0 fully saturated rings. The predicted molar refractivity (Wildman–Crippen MR) is 87.3 cm³/mol. The molecule has 8 heteroatoms. The number of benzene rings is 1. The van der Waals surface area contributed by atoms with E-state index in [4.69, 9.17) is 9.47 Å². The second-order valence-electron chi connectivity index (χ2n) is 5.47. The Labute approximate surface area is 137 Å². The van der Waals surface area contributed by atoms with Gasteiger partial charge in [-0.3, -0.25) is 4.79 Å². The molecule has 0 radical (unpaired) electrons. The van der Waals surface area contributed by atoms with Crippen molar-refractivity contribution in [1.82, 2.24) is 10.0 Å². The Morgan fingerprint density at radius 2 is 1.87 bits per heavy atom. The Morgan fingerprint density at radius 3 is 2.39 bits per heavy atom. The number of amides is 1. The maximum Gasteiger partial charge on any atom is 0.255 e. The predicted octanol–water partition coefficient (Wildman–Crippen LogP) is 1.15. The quantitative estimate of drug-likeness (QED) is 0.738. The van der Waals surface area contributed by atoms with Crippen LogP contribution in [0.25, 0.3) is 0 Å². The summed E-state index contributed by atoms with van der Waals surface area (Å²) < 4.78 is 37.3. The topological polar surface area (TPSA) is 93.7 Å². The van der Waals surface area contributed by atoms with Crippen molar-refractivity contribution in [3.05, 3.63) is 23.8 Å². The molecule has 0 heterocycles. The minimum absolute atomic E-state index is 0.00448. The molecule has 1 amide bonds. The van der Waals surface area contributed by atoms with Gasteiger partial charge in [-0.15, -0.1) is 0 Å². The molecule has 130 valence electrons. The monoisotopic (exact) mass is 344 g/mol. The van der Waals surface area contributed by atoms with Crippen LogP contribution < -0.4 is 14.8 Å². The van der Waals surface area contributed by atoms with Gasteiger partial charge in [0.25, 0.3) is 5.91 Å². The molecule has 1 aromatic carbocycles. The van der Waals surface area contributed by atoms with Crippen molar-refractivity contribution in [3.8, 4) is 5.75 Å². The van der Waals surface area contributed by atoms with Gasteiger partial charge in [-0.2, -0.15) is 0 Å². The van der Waals surface area contributed by atoms with Crippen LogP contribution in [0.4, 0.5) is 0 Å². The van der Waals surface area contributed by atoms with Crippen molar-refractivity contribution >= 4 is 15.9 Å². The minimum atomic E-state index is -3.76. The number of rotatable bonds is 8. The van der Waals surface area contributed by atoms with Gasteiger partial charge < -0.3 is 14.8 Å². The largest absolute Gasteiger partial charge is 0.496 e. The molecule has 0 aliphatic rings. The summed E-state index contributed by atoms with van der Waals surface area (Å²) in [5.41, 5.74) is 0.170. The molecule has 1 rings (SSSR count). The fourth-order valence-corrected chi connectivity index (χ4v) is 3.24. The minimum Gasteiger partial charge on any atom is -0.496 e. The zero-order valence-corrected chi connectivity index (χ0v) is 14.9. The third kappa shape index (κ3) is 5.49. The van der Waals surface area contributed by atoms with E-state index in [-0.39, 0.29) is 35.1 Å². The summed E-state index contributed by atoms with van der Waals surface area (Å²) >= 11 is 0. The van der Waals surface area contributed by atoms with Crippen molar-refractivity contribution in [2.75, 3.05) is 20.8 Å². The zero-order valence-electron chi connectivity index (χ0n) is 14.0. The van der Waals surface area contributed by atoms with E-state index in [0.29, 0.717) is 5.75 Å². The Morgan fingerprint density at radius 1 is 1.22 bits per heavy atom. The standard InChI is InChI=1S/C15H24N2O5S/c1-10(2)16-15(18)13-8-12(6-7-14(13)22-5)23(19,20)17-11(3)9-21-4/h6-8,10-11,17H,9H2,1-5H3,(H,16,18). The molecule has 23 heavy (non-hydrogen) atoms. The number of methoxy groups -OCH3 is 2. The normalized spacial score (nSPS) is 13.0. The van der Waals surface area contributed by atoms with Crippen molar-refractivity contribution in [3.63, 3.8) is 0 Å². The zero-order chi connectivity index (χ0) is 17.6. The Hall–Kier alpha value is -1.64. The van der Waals surface area contributed by atoms with E-state index in [1.165, 1.54) is 32.4 Å². The molecule has 0 saturated heterocycles. The van der Waals surface area contributed by atoms with Gasteiger partial charge in [-0.05, 0) is 39.0 Å². The second kappa shape index (κ2) is 8.28. The maximum absolute atomic E-state index is 12.4. The summed E-state index contributed by atoms with van der Waals surface area (Å²) in [5.74, 6) is -0.0779. The molecular weight excluding hydrogens is 320 g/mol. The molecule has 0 aliphatic carbocycles. The third-order valence-electron chi connectivity index (χ3n) is 2.92. The number of hydrogen-bond acceptors (Lipinski definition) is 5. The summed E-state index contributed by atoms with van der Waals surface area (Å²) in [6.07, 6.45) is 0. The molecule has 2 N–H and O–H groups in total. The van der Waals surface area contributed by atoms with Crippen LogP contribution in [0.1, 0.15) is 31.1 Å². The molecule has 7 nitrogen and oxygen atoms in total. The molecule has 1 unspecified atom stereocenters. The van der Waals surface area contributed by atoms with Crippen molar-refractivity contribution < 1.29 is 22.7 Å². The Balaban J connectivity index is 3.16. The van der Waals surface area contributed by atoms with Gasteiger partial charge in [0, 0.05) is 19.2 Å². The van der Waals surface area contributed by atoms with E-state index >= 15 is 0 Å². The molecule has 0 aliphatic heterocycles. The highest BCUT2D eigenvalue weighted by atomic mass is 32.2. The first-order valence-electron chi connectivity index (χ1n) is 7.21. The average Bonchev–Trinajstić information content (AvgIpc) is 2.45. The summed E-state index contributed by atoms with van der Waals surface area (Å²) in [5, 5.41) is 2.72. The van der Waals surface area contributed by atoms with Gasteiger partial charge in [0.15, 0.2) is 0 Å². The van der Waals surface area contributed by atoms with Crippen LogP contribution in [0, 0.1) is 0 Å². The number of ether oxygens (including phenoxy) is 2. The van der Waals surface area contributed by atoms with E-state index in [9.17, 15) is 13.2 Å². The number of carbonyl (C=O) groups excluding carboxylic acids is 1. The van der Waals surface area contributed by atoms with Crippen LogP contribution in [0.2, 0.25) is 0 Å². The second-order valence-corrected chi connectivity index (χ2v) is 7.18. The number of hydrogen-bond donors (Lipinski definition) is 2. The lowest BCUT2D eigenvalue weighted by atomic mass is 10.2. The lowest BCUT2D eigenvalue weighted by Gasteiger charge is -2.15. The highest BCUT2D eigenvalue weighted by molar-refractivity contribution is 7.89. The van der Waals surface area contributed by atoms with Crippen LogP contribution in [-0.4, -0.2) is 47.2 Å². The van der Waals surface area contributed by atoms with Crippen LogP contribution >= 0.6 is 0 Å². The average molecular weight is 344 g/mol. The fraction of sp³-hybridized carbons (Fsp3) is 0.533. The van der Waals surface area contributed by atoms with E-state index in [0.717, 1.165) is 0 Å². The fourth-order valence-electron chi connectivity index (χ4n) is 1.99. The SMILES string of the molecule is COCC(C)NS(=O)(=O)c1ccc(OC)c(C(=O)NC(C)C)c1. The first-order valence-corrected chi connectivity index (χ1v) is 8.69. The van der Waals surface area contributed by atoms with Crippen LogP contribution in [-0.2, 0) is 14.8 Å². The first-order chi connectivity index (χ1) is 10.7. The molecule has 0 spiro atoms. The Bertz CT molecular complexity index is 643. The van der Waals surface area contributed by atoms with E-state index in [2.05, 4.69) is 10.0 Å². The number of nitrogens with one attached hydrogen (secondary N) is 2. The lowest BCUT2D eigenvalue weighted by molar-refractivity contribution is 0.0940. The maximum atomic E-state index is 12.4. The summed E-state index contributed by atoms with van der Waals surface area (Å²) in [6, 6.07) is 3.70. The van der Waals surface area contributed by atoms with Gasteiger partial charge in [-0.25, -0.2) is 13.1 Å². The molecule has 1 aromatic rings. The van der Waals surface area contributed by atoms with Crippen molar-refractivity contribution in [1.29, 1.82) is 0 Å². The lowest BCUT2D eigenvalue weighted by Crippen LogP contribution is -2.36. The summed E-state index contributed by atoms with van der Waals surface area (Å²) in [4.78, 5) is 12.2. The first kappa shape index (κ1) is 19.4. The third-order valence-corrected chi connectivity index (χ3v) is 4.51. The van der Waals surface area contributed by atoms with E-state index in [1.54, 1.807) is 6.92 Å².